The van der Waals surface area contributed by atoms with Crippen molar-refractivity contribution in [2.45, 2.75) is 19.4 Å². The van der Waals surface area contributed by atoms with Crippen LogP contribution in [0.25, 0.3) is 0 Å². The van der Waals surface area contributed by atoms with Crippen molar-refractivity contribution < 1.29 is 9.47 Å². The van der Waals surface area contributed by atoms with Crippen LogP contribution in [0.2, 0.25) is 0 Å². The first-order chi connectivity index (χ1) is 14.1. The van der Waals surface area contributed by atoms with Crippen molar-refractivity contribution >= 4 is 29.9 Å². The van der Waals surface area contributed by atoms with E-state index in [1.54, 1.807) is 14.2 Å². The Morgan fingerprint density at radius 3 is 2.00 bits per heavy atom. The van der Waals surface area contributed by atoms with E-state index in [0.29, 0.717) is 6.54 Å². The molecular formula is C23H35IN4O2. The van der Waals surface area contributed by atoms with Gasteiger partial charge in [-0.25, -0.2) is 0 Å². The summed E-state index contributed by atoms with van der Waals surface area (Å²) in [4.78, 5) is 7.00. The first-order valence-electron chi connectivity index (χ1n) is 10.0. The van der Waals surface area contributed by atoms with Gasteiger partial charge in [0.1, 0.15) is 11.5 Å². The predicted octanol–water partition coefficient (Wildman–Crippen LogP) is 3.72. The van der Waals surface area contributed by atoms with E-state index in [9.17, 15) is 0 Å². The van der Waals surface area contributed by atoms with Gasteiger partial charge in [0, 0.05) is 13.1 Å². The second-order valence-corrected chi connectivity index (χ2v) is 7.00. The van der Waals surface area contributed by atoms with E-state index in [4.69, 9.17) is 14.5 Å². The van der Waals surface area contributed by atoms with Gasteiger partial charge < -0.3 is 25.0 Å². The van der Waals surface area contributed by atoms with E-state index in [0.717, 1.165) is 37.0 Å². The van der Waals surface area contributed by atoms with Gasteiger partial charge in [-0.3, -0.25) is 4.99 Å². The Hall–Kier alpha value is -2.00. The highest BCUT2D eigenvalue weighted by Gasteiger charge is 2.14. The summed E-state index contributed by atoms with van der Waals surface area (Å²) in [5.74, 6) is 2.58. The standard InChI is InChI=1S/C23H34N4O2.HI/c1-6-24-23(25-16-15-18-7-11-20(28-4)12-8-18)26-17-22(27(2)3)19-9-13-21(29-5)14-10-19;/h7-14,22H,6,15-17H2,1-5H3,(H2,24,25,26);1H. The quantitative estimate of drug-likeness (QED) is 0.281. The first-order valence-corrected chi connectivity index (χ1v) is 10.0. The van der Waals surface area contributed by atoms with Crippen LogP contribution in [-0.4, -0.2) is 58.8 Å². The molecule has 30 heavy (non-hydrogen) atoms. The van der Waals surface area contributed by atoms with Crippen molar-refractivity contribution in [1.29, 1.82) is 0 Å². The van der Waals surface area contributed by atoms with Crippen LogP contribution in [-0.2, 0) is 6.42 Å². The van der Waals surface area contributed by atoms with Gasteiger partial charge >= 0.3 is 0 Å². The number of hydrogen-bond donors (Lipinski definition) is 2. The van der Waals surface area contributed by atoms with Gasteiger partial charge in [0.25, 0.3) is 0 Å². The average Bonchev–Trinajstić information content (AvgIpc) is 2.74. The normalized spacial score (nSPS) is 12.1. The highest BCUT2D eigenvalue weighted by Crippen LogP contribution is 2.21. The maximum atomic E-state index is 5.27. The molecule has 0 heterocycles. The molecule has 2 aromatic carbocycles. The van der Waals surface area contributed by atoms with E-state index in [-0.39, 0.29) is 30.0 Å². The maximum Gasteiger partial charge on any atom is 0.191 e. The van der Waals surface area contributed by atoms with Gasteiger partial charge in [0.05, 0.1) is 26.8 Å². The molecule has 0 saturated carbocycles. The summed E-state index contributed by atoms with van der Waals surface area (Å²) in [6, 6.07) is 16.6. The molecule has 2 N–H and O–H groups in total. The molecule has 0 amide bonds. The third kappa shape index (κ3) is 8.39. The van der Waals surface area contributed by atoms with Gasteiger partial charge in [-0.05, 0) is 62.8 Å². The van der Waals surface area contributed by atoms with Gasteiger partial charge in [-0.2, -0.15) is 0 Å². The van der Waals surface area contributed by atoms with Crippen LogP contribution in [0.5, 0.6) is 11.5 Å². The molecule has 0 aromatic heterocycles. The average molecular weight is 526 g/mol. The summed E-state index contributed by atoms with van der Waals surface area (Å²) < 4.78 is 10.5. The van der Waals surface area contributed by atoms with Crippen molar-refractivity contribution in [1.82, 2.24) is 15.5 Å². The van der Waals surface area contributed by atoms with Gasteiger partial charge in [0.15, 0.2) is 5.96 Å². The number of likely N-dealkylation sites (N-methyl/N-ethyl adjacent to an activating group) is 1. The molecule has 0 aliphatic heterocycles. The number of benzene rings is 2. The SMILES string of the molecule is CCNC(=NCC(c1ccc(OC)cc1)N(C)C)NCCc1ccc(OC)cc1.I. The number of nitrogens with zero attached hydrogens (tertiary/aromatic N) is 2. The lowest BCUT2D eigenvalue weighted by molar-refractivity contribution is 0.306. The number of hydrogen-bond acceptors (Lipinski definition) is 4. The highest BCUT2D eigenvalue weighted by atomic mass is 127. The van der Waals surface area contributed by atoms with E-state index in [1.807, 2.05) is 24.3 Å². The number of aliphatic imine (C=N–C) groups is 1. The summed E-state index contributed by atoms with van der Waals surface area (Å²) in [6.07, 6.45) is 0.921. The van der Waals surface area contributed by atoms with Crippen LogP contribution in [0.15, 0.2) is 53.5 Å². The molecule has 1 unspecified atom stereocenters. The van der Waals surface area contributed by atoms with Crippen LogP contribution < -0.4 is 20.1 Å². The number of rotatable bonds is 10. The zero-order chi connectivity index (χ0) is 21.1. The number of halogens is 1. The minimum absolute atomic E-state index is 0. The molecule has 0 saturated heterocycles. The van der Waals surface area contributed by atoms with Crippen LogP contribution in [0.4, 0.5) is 0 Å². The lowest BCUT2D eigenvalue weighted by atomic mass is 10.1. The fraction of sp³-hybridized carbons (Fsp3) is 0.435. The minimum atomic E-state index is 0. The van der Waals surface area contributed by atoms with Crippen molar-refractivity contribution in [2.75, 3.05) is 47.9 Å². The second kappa shape index (κ2) is 14.1. The largest absolute Gasteiger partial charge is 0.497 e. The van der Waals surface area contributed by atoms with Crippen LogP contribution in [0, 0.1) is 0 Å². The fourth-order valence-corrected chi connectivity index (χ4v) is 3.03. The summed E-state index contributed by atoms with van der Waals surface area (Å²) in [5.41, 5.74) is 2.48. The van der Waals surface area contributed by atoms with Crippen molar-refractivity contribution in [3.05, 3.63) is 59.7 Å². The summed E-state index contributed by atoms with van der Waals surface area (Å²) >= 11 is 0. The van der Waals surface area contributed by atoms with Crippen molar-refractivity contribution in [2.24, 2.45) is 4.99 Å². The lowest BCUT2D eigenvalue weighted by Gasteiger charge is -2.24. The molecule has 2 aromatic rings. The van der Waals surface area contributed by atoms with Crippen LogP contribution >= 0.6 is 24.0 Å². The zero-order valence-electron chi connectivity index (χ0n) is 18.6. The van der Waals surface area contributed by atoms with Gasteiger partial charge in [-0.1, -0.05) is 24.3 Å². The molecule has 0 aliphatic rings. The van der Waals surface area contributed by atoms with E-state index >= 15 is 0 Å². The molecule has 0 spiro atoms. The number of nitrogens with one attached hydrogen (secondary N) is 2. The van der Waals surface area contributed by atoms with E-state index < -0.39 is 0 Å². The Morgan fingerprint density at radius 2 is 1.50 bits per heavy atom. The highest BCUT2D eigenvalue weighted by molar-refractivity contribution is 14.0. The molecule has 0 aliphatic carbocycles. The lowest BCUT2D eigenvalue weighted by Crippen LogP contribution is -2.39. The monoisotopic (exact) mass is 526 g/mol. The van der Waals surface area contributed by atoms with E-state index in [1.165, 1.54) is 11.1 Å². The molecule has 166 valence electrons. The smallest absolute Gasteiger partial charge is 0.191 e. The molecule has 0 radical (unpaired) electrons. The van der Waals surface area contributed by atoms with Crippen LogP contribution in [0.3, 0.4) is 0 Å². The zero-order valence-corrected chi connectivity index (χ0v) is 21.0. The third-order valence-corrected chi connectivity index (χ3v) is 4.76. The van der Waals surface area contributed by atoms with Crippen LogP contribution in [0.1, 0.15) is 24.1 Å². The molecule has 7 heteroatoms. The molecule has 2 rings (SSSR count). The Bertz CT molecular complexity index is 749. The second-order valence-electron chi connectivity index (χ2n) is 7.00. The first kappa shape index (κ1) is 26.0. The van der Waals surface area contributed by atoms with Gasteiger partial charge in [0.2, 0.25) is 0 Å². The Kier molecular flexibility index (Phi) is 12.2. The molecule has 0 fully saturated rings. The Balaban J connectivity index is 0.00000450. The molecule has 0 bridgehead atoms. The topological polar surface area (TPSA) is 58.1 Å². The Labute approximate surface area is 198 Å². The van der Waals surface area contributed by atoms with Crippen molar-refractivity contribution in [3.8, 4) is 11.5 Å². The summed E-state index contributed by atoms with van der Waals surface area (Å²) in [5, 5.41) is 6.76. The molecule has 1 atom stereocenters. The van der Waals surface area contributed by atoms with Gasteiger partial charge in [-0.15, -0.1) is 24.0 Å². The third-order valence-electron chi connectivity index (χ3n) is 4.76. The molecule has 6 nitrogen and oxygen atoms in total. The maximum absolute atomic E-state index is 5.27. The summed E-state index contributed by atoms with van der Waals surface area (Å²) in [6.45, 7) is 4.38. The van der Waals surface area contributed by atoms with Crippen molar-refractivity contribution in [3.63, 3.8) is 0 Å². The predicted molar refractivity (Wildman–Crippen MR) is 136 cm³/mol. The summed E-state index contributed by atoms with van der Waals surface area (Å²) in [7, 11) is 7.52. The number of methoxy groups -OCH3 is 2. The Morgan fingerprint density at radius 1 is 0.933 bits per heavy atom. The molecular weight excluding hydrogens is 491 g/mol. The number of guanidine groups is 1. The number of ether oxygens (including phenoxy) is 2. The minimum Gasteiger partial charge on any atom is -0.497 e. The fourth-order valence-electron chi connectivity index (χ4n) is 3.03. The van der Waals surface area contributed by atoms with E-state index in [2.05, 4.69) is 60.8 Å².